The fraction of sp³-hybridized carbons (Fsp3) is 0. The molecule has 0 spiro atoms. The van der Waals surface area contributed by atoms with E-state index in [1.165, 1.54) is 12.1 Å². The number of nitrogens with zero attached hydrogens (tertiary/aromatic N) is 2. The quantitative estimate of drug-likeness (QED) is 0.512. The Balaban J connectivity index is 2.11. The molecule has 0 aliphatic heterocycles. The van der Waals surface area contributed by atoms with Crippen LogP contribution >= 0.6 is 0 Å². The zero-order chi connectivity index (χ0) is 15.1. The predicted octanol–water partition coefficient (Wildman–Crippen LogP) is 4.66. The monoisotopic (exact) mass is 288 g/mol. The average molecular weight is 288 g/mol. The second kappa shape index (κ2) is 4.68. The Morgan fingerprint density at radius 3 is 2.73 bits per heavy atom. The molecule has 0 aliphatic rings. The molecule has 4 aromatic rings. The van der Waals surface area contributed by atoms with E-state index < -0.39 is 0 Å². The van der Waals surface area contributed by atoms with E-state index in [1.807, 2.05) is 30.3 Å². The maximum Gasteiger partial charge on any atom is 0.153 e. The van der Waals surface area contributed by atoms with Crippen LogP contribution in [-0.2, 0) is 0 Å². The summed E-state index contributed by atoms with van der Waals surface area (Å²) in [6.07, 6.45) is 1.68. The molecule has 4 rings (SSSR count). The Morgan fingerprint density at radius 2 is 1.95 bits per heavy atom. The smallest absolute Gasteiger partial charge is 0.153 e. The number of nitriles is 1. The van der Waals surface area contributed by atoms with Crippen LogP contribution in [0.5, 0.6) is 0 Å². The number of pyridine rings is 1. The largest absolute Gasteiger partial charge is 0.455 e. The molecule has 0 aliphatic carbocycles. The maximum atomic E-state index is 13.5. The van der Waals surface area contributed by atoms with E-state index >= 15 is 0 Å². The van der Waals surface area contributed by atoms with Gasteiger partial charge >= 0.3 is 0 Å². The molecule has 0 fully saturated rings. The topological polar surface area (TPSA) is 49.8 Å². The summed E-state index contributed by atoms with van der Waals surface area (Å²) in [4.78, 5) is 4.28. The average Bonchev–Trinajstić information content (AvgIpc) is 2.92. The van der Waals surface area contributed by atoms with Gasteiger partial charge in [0.25, 0.3) is 0 Å². The van der Waals surface area contributed by atoms with E-state index in [9.17, 15) is 9.65 Å². The van der Waals surface area contributed by atoms with Gasteiger partial charge in [-0.05, 0) is 36.4 Å². The highest BCUT2D eigenvalue weighted by atomic mass is 19.1. The number of benzene rings is 2. The molecule has 0 saturated heterocycles. The van der Waals surface area contributed by atoms with Crippen LogP contribution < -0.4 is 0 Å². The number of rotatable bonds is 1. The van der Waals surface area contributed by atoms with Crippen LogP contribution in [0.2, 0.25) is 0 Å². The lowest BCUT2D eigenvalue weighted by molar-refractivity contribution is 0.626. The van der Waals surface area contributed by atoms with Gasteiger partial charge in [0.2, 0.25) is 0 Å². The van der Waals surface area contributed by atoms with E-state index in [4.69, 9.17) is 4.42 Å². The zero-order valence-corrected chi connectivity index (χ0v) is 11.4. The van der Waals surface area contributed by atoms with Crippen molar-refractivity contribution in [2.45, 2.75) is 0 Å². The van der Waals surface area contributed by atoms with Crippen molar-refractivity contribution in [3.8, 4) is 17.3 Å². The van der Waals surface area contributed by atoms with Crippen LogP contribution in [0.1, 0.15) is 5.56 Å². The number of furan rings is 1. The predicted molar refractivity (Wildman–Crippen MR) is 81.6 cm³/mol. The standard InChI is InChI=1S/C18H9FN2O/c19-11-4-7-17-14(9-11)13-6-5-12(15(10-20)18(13)22-17)16-3-1-2-8-21-16/h1-9H. The minimum Gasteiger partial charge on any atom is -0.455 e. The fourth-order valence-corrected chi connectivity index (χ4v) is 2.66. The van der Waals surface area contributed by atoms with E-state index in [-0.39, 0.29) is 5.82 Å². The first-order chi connectivity index (χ1) is 10.8. The van der Waals surface area contributed by atoms with Gasteiger partial charge in [-0.3, -0.25) is 4.98 Å². The summed E-state index contributed by atoms with van der Waals surface area (Å²) in [6.45, 7) is 0. The fourth-order valence-electron chi connectivity index (χ4n) is 2.66. The lowest BCUT2D eigenvalue weighted by Gasteiger charge is -2.03. The summed E-state index contributed by atoms with van der Waals surface area (Å²) in [5.41, 5.74) is 2.84. The van der Waals surface area contributed by atoms with Gasteiger partial charge < -0.3 is 4.42 Å². The van der Waals surface area contributed by atoms with Gasteiger partial charge in [0.15, 0.2) is 5.58 Å². The van der Waals surface area contributed by atoms with Gasteiger partial charge in [0.05, 0.1) is 5.69 Å². The lowest BCUT2D eigenvalue weighted by atomic mass is 10.0. The van der Waals surface area contributed by atoms with Crippen molar-refractivity contribution in [1.29, 1.82) is 5.26 Å². The Morgan fingerprint density at radius 1 is 1.05 bits per heavy atom. The lowest BCUT2D eigenvalue weighted by Crippen LogP contribution is -1.87. The summed E-state index contributed by atoms with van der Waals surface area (Å²) in [5.74, 6) is -0.331. The van der Waals surface area contributed by atoms with Crippen LogP contribution in [-0.4, -0.2) is 4.98 Å². The molecule has 0 amide bonds. The van der Waals surface area contributed by atoms with Crippen LogP contribution in [0.3, 0.4) is 0 Å². The molecule has 0 saturated carbocycles. The molecule has 0 N–H and O–H groups in total. The molecule has 0 unspecified atom stereocenters. The number of hydrogen-bond donors (Lipinski definition) is 0. The maximum absolute atomic E-state index is 13.5. The van der Waals surface area contributed by atoms with Crippen LogP contribution in [0.25, 0.3) is 33.2 Å². The molecule has 4 heteroatoms. The summed E-state index contributed by atoms with van der Waals surface area (Å²) >= 11 is 0. The molecule has 104 valence electrons. The third-order valence-corrected chi connectivity index (χ3v) is 3.65. The SMILES string of the molecule is N#Cc1c(-c2ccccn2)ccc2c1oc1ccc(F)cc12. The molecule has 0 bridgehead atoms. The number of hydrogen-bond acceptors (Lipinski definition) is 3. The highest BCUT2D eigenvalue weighted by Gasteiger charge is 2.16. The molecule has 0 atom stereocenters. The minimum absolute atomic E-state index is 0.331. The van der Waals surface area contributed by atoms with Crippen LogP contribution in [0.15, 0.2) is 59.1 Å². The number of aromatic nitrogens is 1. The molecular formula is C18H9FN2O. The Hall–Kier alpha value is -3.19. The summed E-state index contributed by atoms with van der Waals surface area (Å²) in [6, 6.07) is 15.7. The Labute approximate surface area is 125 Å². The van der Waals surface area contributed by atoms with E-state index in [0.29, 0.717) is 33.4 Å². The van der Waals surface area contributed by atoms with Gasteiger partial charge in [0.1, 0.15) is 23.0 Å². The van der Waals surface area contributed by atoms with Gasteiger partial charge in [-0.15, -0.1) is 0 Å². The van der Waals surface area contributed by atoms with Crippen molar-refractivity contribution in [3.05, 3.63) is 66.1 Å². The van der Waals surface area contributed by atoms with Gasteiger partial charge in [-0.25, -0.2) is 4.39 Å². The first-order valence-electron chi connectivity index (χ1n) is 6.74. The van der Waals surface area contributed by atoms with Crippen molar-refractivity contribution in [3.63, 3.8) is 0 Å². The molecular weight excluding hydrogens is 279 g/mol. The van der Waals surface area contributed by atoms with Crippen LogP contribution in [0.4, 0.5) is 4.39 Å². The second-order valence-corrected chi connectivity index (χ2v) is 4.93. The van der Waals surface area contributed by atoms with Crippen molar-refractivity contribution in [2.24, 2.45) is 0 Å². The first-order valence-corrected chi connectivity index (χ1v) is 6.74. The number of fused-ring (bicyclic) bond motifs is 3. The molecule has 2 heterocycles. The van der Waals surface area contributed by atoms with Gasteiger partial charge in [-0.2, -0.15) is 5.26 Å². The molecule has 22 heavy (non-hydrogen) atoms. The van der Waals surface area contributed by atoms with Crippen molar-refractivity contribution >= 4 is 21.9 Å². The van der Waals surface area contributed by atoms with Gasteiger partial charge in [-0.1, -0.05) is 12.1 Å². The number of halogens is 1. The first kappa shape index (κ1) is 12.5. The summed E-state index contributed by atoms with van der Waals surface area (Å²) in [7, 11) is 0. The normalized spacial score (nSPS) is 10.9. The summed E-state index contributed by atoms with van der Waals surface area (Å²) in [5, 5.41) is 10.9. The highest BCUT2D eigenvalue weighted by molar-refractivity contribution is 6.08. The Kier molecular flexibility index (Phi) is 2.67. The van der Waals surface area contributed by atoms with E-state index in [1.54, 1.807) is 12.3 Å². The van der Waals surface area contributed by atoms with Crippen LogP contribution in [0, 0.1) is 17.1 Å². The Bertz CT molecular complexity index is 1050. The van der Waals surface area contributed by atoms with Crippen molar-refractivity contribution in [1.82, 2.24) is 4.98 Å². The van der Waals surface area contributed by atoms with Gasteiger partial charge in [0, 0.05) is 22.5 Å². The van der Waals surface area contributed by atoms with E-state index in [0.717, 1.165) is 5.39 Å². The zero-order valence-electron chi connectivity index (χ0n) is 11.4. The minimum atomic E-state index is -0.331. The molecule has 3 nitrogen and oxygen atoms in total. The summed E-state index contributed by atoms with van der Waals surface area (Å²) < 4.78 is 19.2. The third-order valence-electron chi connectivity index (χ3n) is 3.65. The molecule has 0 radical (unpaired) electrons. The molecule has 2 aromatic heterocycles. The highest BCUT2D eigenvalue weighted by Crippen LogP contribution is 2.35. The third kappa shape index (κ3) is 1.76. The molecule has 2 aromatic carbocycles. The van der Waals surface area contributed by atoms with Crippen molar-refractivity contribution < 1.29 is 8.81 Å². The second-order valence-electron chi connectivity index (χ2n) is 4.93. The van der Waals surface area contributed by atoms with E-state index in [2.05, 4.69) is 11.1 Å². The van der Waals surface area contributed by atoms with Crippen molar-refractivity contribution in [2.75, 3.05) is 0 Å².